The number of nitrogens with zero attached hydrogens (tertiary/aromatic N) is 6. The van der Waals surface area contributed by atoms with Crippen LogP contribution in [0.1, 0.15) is 24.2 Å². The van der Waals surface area contributed by atoms with Gasteiger partial charge in [-0.15, -0.1) is 5.10 Å². The Balaban J connectivity index is 1.45. The van der Waals surface area contributed by atoms with Crippen molar-refractivity contribution >= 4 is 11.6 Å². The molecule has 0 aliphatic carbocycles. The number of hydrogen-bond donors (Lipinski definition) is 0. The highest BCUT2D eigenvalue weighted by Gasteiger charge is 2.27. The van der Waals surface area contributed by atoms with E-state index in [1.807, 2.05) is 42.6 Å². The lowest BCUT2D eigenvalue weighted by Crippen LogP contribution is -2.39. The summed E-state index contributed by atoms with van der Waals surface area (Å²) >= 11 is 0. The van der Waals surface area contributed by atoms with E-state index >= 15 is 0 Å². The van der Waals surface area contributed by atoms with Crippen LogP contribution >= 0.6 is 0 Å². The molecule has 1 unspecified atom stereocenters. The van der Waals surface area contributed by atoms with Crippen LogP contribution in [0.15, 0.2) is 60.9 Å². The fraction of sp³-hybridized carbons (Fsp3) is 0.333. The smallest absolute Gasteiger partial charge is 0.151 e. The molecule has 0 amide bonds. The monoisotopic (exact) mass is 360 g/mol. The topological polar surface area (TPSA) is 58.0 Å². The molecule has 1 fully saturated rings. The van der Waals surface area contributed by atoms with E-state index in [1.54, 1.807) is 6.20 Å². The Labute approximate surface area is 159 Å². The van der Waals surface area contributed by atoms with Crippen molar-refractivity contribution in [3.8, 4) is 0 Å². The molecule has 138 valence electrons. The molecule has 3 heterocycles. The number of likely N-dealkylation sites (N-methyl/N-ethyl adjacent to an activating group) is 1. The fourth-order valence-corrected chi connectivity index (χ4v) is 3.65. The minimum absolute atomic E-state index is 0.416. The first-order chi connectivity index (χ1) is 13.3. The van der Waals surface area contributed by atoms with Crippen molar-refractivity contribution in [1.82, 2.24) is 20.2 Å². The molecule has 0 bridgehead atoms. The first-order valence-electron chi connectivity index (χ1n) is 9.41. The Morgan fingerprint density at radius 1 is 1.07 bits per heavy atom. The fourth-order valence-electron chi connectivity index (χ4n) is 3.65. The van der Waals surface area contributed by atoms with E-state index in [4.69, 9.17) is 4.98 Å². The molecule has 0 spiro atoms. The Kier molecular flexibility index (Phi) is 5.23. The van der Waals surface area contributed by atoms with Gasteiger partial charge in [0.1, 0.15) is 11.6 Å². The van der Waals surface area contributed by atoms with Gasteiger partial charge in [0.2, 0.25) is 0 Å². The van der Waals surface area contributed by atoms with Crippen LogP contribution in [0, 0.1) is 0 Å². The summed E-state index contributed by atoms with van der Waals surface area (Å²) in [6.07, 6.45) is 6.65. The lowest BCUT2D eigenvalue weighted by molar-refractivity contribution is 0.642. The highest BCUT2D eigenvalue weighted by atomic mass is 15.3. The molecule has 0 N–H and O–H groups in total. The van der Waals surface area contributed by atoms with Crippen LogP contribution in [0.5, 0.6) is 0 Å². The summed E-state index contributed by atoms with van der Waals surface area (Å²) in [6, 6.07) is 16.7. The molecule has 6 heteroatoms. The summed E-state index contributed by atoms with van der Waals surface area (Å²) in [5.41, 5.74) is 1.22. The molecule has 2 aromatic heterocycles. The quantitative estimate of drug-likeness (QED) is 0.674. The third-order valence-corrected chi connectivity index (χ3v) is 5.00. The van der Waals surface area contributed by atoms with Crippen molar-refractivity contribution in [3.63, 3.8) is 0 Å². The molecule has 27 heavy (non-hydrogen) atoms. The van der Waals surface area contributed by atoms with E-state index in [0.29, 0.717) is 6.04 Å². The second-order valence-corrected chi connectivity index (χ2v) is 6.95. The molecule has 3 aromatic rings. The third kappa shape index (κ3) is 4.22. The van der Waals surface area contributed by atoms with Crippen LogP contribution in [-0.2, 0) is 6.42 Å². The van der Waals surface area contributed by atoms with Gasteiger partial charge in [-0.1, -0.05) is 30.3 Å². The maximum atomic E-state index is 4.78. The molecule has 0 radical (unpaired) electrons. The van der Waals surface area contributed by atoms with E-state index in [-0.39, 0.29) is 0 Å². The summed E-state index contributed by atoms with van der Waals surface area (Å²) < 4.78 is 0. The molecular weight excluding hydrogens is 336 g/mol. The molecule has 1 atom stereocenters. The zero-order valence-electron chi connectivity index (χ0n) is 15.6. The number of hydrogen-bond acceptors (Lipinski definition) is 6. The van der Waals surface area contributed by atoms with Gasteiger partial charge < -0.3 is 9.80 Å². The van der Waals surface area contributed by atoms with Gasteiger partial charge in [0.15, 0.2) is 5.82 Å². The Morgan fingerprint density at radius 2 is 1.96 bits per heavy atom. The van der Waals surface area contributed by atoms with Crippen molar-refractivity contribution in [2.45, 2.75) is 25.3 Å². The van der Waals surface area contributed by atoms with Crippen LogP contribution in [0.3, 0.4) is 0 Å². The molecule has 1 saturated heterocycles. The van der Waals surface area contributed by atoms with Crippen molar-refractivity contribution in [2.75, 3.05) is 29.9 Å². The molecular formula is C21H24N6. The Bertz CT molecular complexity index is 855. The van der Waals surface area contributed by atoms with Crippen molar-refractivity contribution in [3.05, 3.63) is 72.3 Å². The van der Waals surface area contributed by atoms with Crippen LogP contribution < -0.4 is 9.80 Å². The van der Waals surface area contributed by atoms with E-state index in [2.05, 4.69) is 44.2 Å². The minimum Gasteiger partial charge on any atom is -0.358 e. The van der Waals surface area contributed by atoms with Crippen LogP contribution in [0.2, 0.25) is 0 Å². The van der Waals surface area contributed by atoms with E-state index < -0.39 is 0 Å². The predicted molar refractivity (Wildman–Crippen MR) is 107 cm³/mol. The zero-order valence-corrected chi connectivity index (χ0v) is 15.6. The largest absolute Gasteiger partial charge is 0.358 e. The van der Waals surface area contributed by atoms with Crippen molar-refractivity contribution in [1.29, 1.82) is 0 Å². The van der Waals surface area contributed by atoms with Crippen molar-refractivity contribution < 1.29 is 0 Å². The maximum absolute atomic E-state index is 4.78. The van der Waals surface area contributed by atoms with Crippen LogP contribution in [0.25, 0.3) is 0 Å². The molecule has 1 aliphatic rings. The van der Waals surface area contributed by atoms with Gasteiger partial charge in [-0.2, -0.15) is 5.10 Å². The molecule has 1 aliphatic heterocycles. The molecule has 4 rings (SSSR count). The summed E-state index contributed by atoms with van der Waals surface area (Å²) in [7, 11) is 2.10. The van der Waals surface area contributed by atoms with E-state index in [1.165, 1.54) is 12.0 Å². The summed E-state index contributed by atoms with van der Waals surface area (Å²) in [6.45, 7) is 1.93. The van der Waals surface area contributed by atoms with Gasteiger partial charge in [0.05, 0.1) is 0 Å². The molecule has 6 nitrogen and oxygen atoms in total. The lowest BCUT2D eigenvalue weighted by atomic mass is 10.1. The highest BCUT2D eigenvalue weighted by molar-refractivity contribution is 5.42. The average Bonchev–Trinajstić information content (AvgIpc) is 3.18. The minimum atomic E-state index is 0.416. The summed E-state index contributed by atoms with van der Waals surface area (Å²) in [4.78, 5) is 13.8. The van der Waals surface area contributed by atoms with Crippen LogP contribution in [0.4, 0.5) is 11.6 Å². The number of anilines is 2. The van der Waals surface area contributed by atoms with Gasteiger partial charge in [-0.3, -0.25) is 0 Å². The standard InChI is InChI=1S/C21H24N6/c1-26(16-18-9-6-14-27(18)21-10-5-12-23-25-21)20-11-13-22-19(24-20)15-17-7-3-2-4-8-17/h2-5,7-8,10-13,18H,6,9,14-16H2,1H3. The third-order valence-electron chi connectivity index (χ3n) is 5.00. The molecule has 0 saturated carbocycles. The number of rotatable bonds is 6. The SMILES string of the molecule is CN(CC1CCCN1c1cccnn1)c1ccnc(Cc2ccccc2)n1. The first kappa shape index (κ1) is 17.4. The number of benzene rings is 1. The Hall–Kier alpha value is -3.02. The van der Waals surface area contributed by atoms with Gasteiger partial charge in [-0.05, 0) is 36.6 Å². The van der Waals surface area contributed by atoms with Gasteiger partial charge in [0.25, 0.3) is 0 Å². The average molecular weight is 360 g/mol. The summed E-state index contributed by atoms with van der Waals surface area (Å²) in [5.74, 6) is 2.77. The first-order valence-corrected chi connectivity index (χ1v) is 9.41. The zero-order chi connectivity index (χ0) is 18.5. The van der Waals surface area contributed by atoms with Gasteiger partial charge in [0, 0.05) is 45.0 Å². The van der Waals surface area contributed by atoms with Crippen LogP contribution in [-0.4, -0.2) is 46.3 Å². The number of aromatic nitrogens is 4. The lowest BCUT2D eigenvalue weighted by Gasteiger charge is -2.29. The molecule has 1 aromatic carbocycles. The second-order valence-electron chi connectivity index (χ2n) is 6.95. The van der Waals surface area contributed by atoms with E-state index in [0.717, 1.165) is 43.4 Å². The normalized spacial score (nSPS) is 16.5. The maximum Gasteiger partial charge on any atom is 0.151 e. The van der Waals surface area contributed by atoms with Gasteiger partial charge in [-0.25, -0.2) is 9.97 Å². The van der Waals surface area contributed by atoms with E-state index in [9.17, 15) is 0 Å². The second kappa shape index (κ2) is 8.12. The predicted octanol–water partition coefficient (Wildman–Crippen LogP) is 2.96. The van der Waals surface area contributed by atoms with Gasteiger partial charge >= 0.3 is 0 Å². The van der Waals surface area contributed by atoms with Crippen molar-refractivity contribution in [2.24, 2.45) is 0 Å². The summed E-state index contributed by atoms with van der Waals surface area (Å²) in [5, 5.41) is 8.31. The Morgan fingerprint density at radius 3 is 2.78 bits per heavy atom. The highest BCUT2D eigenvalue weighted by Crippen LogP contribution is 2.24.